The molecule has 38 heavy (non-hydrogen) atoms. The van der Waals surface area contributed by atoms with Crippen LogP contribution in [-0.2, 0) is 72.7 Å². The third-order valence-electron chi connectivity index (χ3n) is 2.44. The molecule has 0 aromatic carbocycles. The fourth-order valence-corrected chi connectivity index (χ4v) is 2.16. The van der Waals surface area contributed by atoms with Gasteiger partial charge in [-0.25, -0.2) is 16.8 Å². The first-order valence-corrected chi connectivity index (χ1v) is 12.8. The first kappa shape index (κ1) is 42.5. The van der Waals surface area contributed by atoms with E-state index in [1.807, 2.05) is 0 Å². The van der Waals surface area contributed by atoms with Crippen molar-refractivity contribution in [3.05, 3.63) is 0 Å². The molecule has 18 nitrogen and oxygen atoms in total. The molecule has 0 aliphatic carbocycles. The summed E-state index contributed by atoms with van der Waals surface area (Å²) >= 11 is 4.87. The number of carbonyl (C=O) groups is 6. The van der Waals surface area contributed by atoms with E-state index in [1.165, 1.54) is 0 Å². The van der Waals surface area contributed by atoms with Crippen molar-refractivity contribution in [3.8, 4) is 0 Å². The fourth-order valence-electron chi connectivity index (χ4n) is 1.31. The summed E-state index contributed by atoms with van der Waals surface area (Å²) in [6.45, 7) is 1.79. The van der Waals surface area contributed by atoms with Crippen molar-refractivity contribution >= 4 is 79.3 Å². The second-order valence-corrected chi connectivity index (χ2v) is 8.75. The van der Waals surface area contributed by atoms with Crippen molar-refractivity contribution in [1.82, 2.24) is 0 Å². The number of carbonyl (C=O) groups excluding carboxylic acids is 6. The lowest BCUT2D eigenvalue weighted by molar-refractivity contribution is -0.168. The largest absolute Gasteiger partial charge is 0.748 e. The first-order chi connectivity index (χ1) is 16.9. The van der Waals surface area contributed by atoms with Crippen LogP contribution in [0.4, 0.5) is 0 Å². The van der Waals surface area contributed by atoms with Crippen molar-refractivity contribution in [2.75, 3.05) is 38.3 Å². The number of esters is 5. The van der Waals surface area contributed by atoms with Crippen LogP contribution in [0.5, 0.6) is 0 Å². The van der Waals surface area contributed by atoms with Gasteiger partial charge in [0.05, 0.1) is 13.2 Å². The molecular weight excluding hydrogens is 615 g/mol. The Bertz CT molecular complexity index is 976. The Kier molecular flexibility index (Phi) is 26.3. The molecule has 0 bridgehead atoms. The summed E-state index contributed by atoms with van der Waals surface area (Å²) in [6, 6.07) is 0. The van der Waals surface area contributed by atoms with Gasteiger partial charge in [0.2, 0.25) is 12.0 Å². The molecule has 0 rings (SSSR count). The van der Waals surface area contributed by atoms with Crippen molar-refractivity contribution in [2.24, 2.45) is 0 Å². The standard InChI is InChI=1S/C8H12O9S.C5H7ClO3.C3H6O6S.ClH/c1-2-15-6(9)3-7(10)16-5-17-8(11)4-18(12,13)14;1-2-9-5(8)3-4(6)7;4-2-9-3(5)1-10(6,7)8;/h2-5H2,1H3,(H,12,13,14);2-3H2,1H3;4H,1-2H2,(H,6,7,8);1H/p-2. The molecule has 0 radical (unpaired) electrons. The van der Waals surface area contributed by atoms with E-state index in [9.17, 15) is 54.7 Å². The summed E-state index contributed by atoms with van der Waals surface area (Å²) in [7, 11) is -9.32. The van der Waals surface area contributed by atoms with Gasteiger partial charge in [0, 0.05) is 0 Å². The van der Waals surface area contributed by atoms with E-state index in [2.05, 4.69) is 23.7 Å². The van der Waals surface area contributed by atoms with Crippen LogP contribution in [0.25, 0.3) is 0 Å². The second kappa shape index (κ2) is 23.5. The molecule has 0 heterocycles. The average molecular weight is 639 g/mol. The topological polar surface area (TPSA) is 283 Å². The smallest absolute Gasteiger partial charge is 0.322 e. The summed E-state index contributed by atoms with van der Waals surface area (Å²) in [5.41, 5.74) is 0. The van der Waals surface area contributed by atoms with Gasteiger partial charge in [-0.15, -0.1) is 12.4 Å². The minimum atomic E-state index is -4.74. The molecule has 0 fully saturated rings. The van der Waals surface area contributed by atoms with Crippen LogP contribution in [-0.4, -0.2) is 104 Å². The van der Waals surface area contributed by atoms with E-state index in [0.29, 0.717) is 0 Å². The molecule has 0 unspecified atom stereocenters. The van der Waals surface area contributed by atoms with E-state index < -0.39 is 86.8 Å². The number of aliphatic hydroxyl groups excluding tert-OH is 1. The Hall–Kier alpha value is -2.62. The SMILES string of the molecule is CCOC(=O)CC(=O)Cl.CCOC(=O)CC(=O)OCOC(=O)CS(=O)(=O)[O-].Cl.O=C(CS(=O)(=O)[O-])OCO. The van der Waals surface area contributed by atoms with E-state index >= 15 is 0 Å². The Balaban J connectivity index is -0.000000246. The average Bonchev–Trinajstić information content (AvgIpc) is 2.66. The second-order valence-electron chi connectivity index (χ2n) is 5.52. The number of aliphatic hydroxyl groups is 1. The highest BCUT2D eigenvalue weighted by molar-refractivity contribution is 7.86. The highest BCUT2D eigenvalue weighted by Gasteiger charge is 2.13. The minimum absolute atomic E-state index is 0. The van der Waals surface area contributed by atoms with Crippen molar-refractivity contribution < 1.29 is 83.5 Å². The normalized spacial score (nSPS) is 9.95. The quantitative estimate of drug-likeness (QED) is 0.0552. The lowest BCUT2D eigenvalue weighted by atomic mass is 10.4. The highest BCUT2D eigenvalue weighted by atomic mass is 35.5. The van der Waals surface area contributed by atoms with Crippen molar-refractivity contribution in [3.63, 3.8) is 0 Å². The van der Waals surface area contributed by atoms with Gasteiger partial charge in [-0.2, -0.15) is 0 Å². The minimum Gasteiger partial charge on any atom is -0.748 e. The third-order valence-corrected chi connectivity index (χ3v) is 3.75. The van der Waals surface area contributed by atoms with Gasteiger partial charge in [0.25, 0.3) is 0 Å². The Morgan fingerprint density at radius 1 is 0.658 bits per heavy atom. The molecule has 0 aliphatic heterocycles. The number of halogens is 2. The molecule has 0 amide bonds. The van der Waals surface area contributed by atoms with Crippen molar-refractivity contribution in [1.29, 1.82) is 0 Å². The molecular formula is C16H24Cl2O18S2-2. The number of hydrogen-bond donors (Lipinski definition) is 1. The molecule has 224 valence electrons. The fraction of sp³-hybridized carbons (Fsp3) is 0.625. The molecule has 0 aromatic rings. The maximum atomic E-state index is 10.9. The zero-order chi connectivity index (χ0) is 29.7. The van der Waals surface area contributed by atoms with Crippen LogP contribution in [0.15, 0.2) is 0 Å². The maximum Gasteiger partial charge on any atom is 0.322 e. The molecule has 1 N–H and O–H groups in total. The summed E-state index contributed by atoms with van der Waals surface area (Å²) in [6.07, 6.45) is -0.999. The zero-order valence-corrected chi connectivity index (χ0v) is 22.9. The molecule has 0 spiro atoms. The van der Waals surface area contributed by atoms with Crippen molar-refractivity contribution in [2.45, 2.75) is 26.7 Å². The zero-order valence-electron chi connectivity index (χ0n) is 19.6. The van der Waals surface area contributed by atoms with Gasteiger partial charge in [-0.3, -0.25) is 28.8 Å². The summed E-state index contributed by atoms with van der Waals surface area (Å²) in [5, 5.41) is 7.21. The maximum absolute atomic E-state index is 10.9. The molecule has 0 saturated heterocycles. The predicted octanol–water partition coefficient (Wildman–Crippen LogP) is -2.32. The van der Waals surface area contributed by atoms with Crippen LogP contribution in [0.2, 0.25) is 0 Å². The van der Waals surface area contributed by atoms with E-state index in [1.54, 1.807) is 13.8 Å². The lowest BCUT2D eigenvalue weighted by Gasteiger charge is -2.07. The van der Waals surface area contributed by atoms with E-state index in [-0.39, 0.29) is 32.0 Å². The van der Waals surface area contributed by atoms with Crippen LogP contribution < -0.4 is 0 Å². The Morgan fingerprint density at radius 3 is 1.34 bits per heavy atom. The molecule has 0 saturated carbocycles. The number of hydrogen-bond acceptors (Lipinski definition) is 18. The molecule has 0 aromatic heterocycles. The van der Waals surface area contributed by atoms with Crippen LogP contribution in [0, 0.1) is 0 Å². The van der Waals surface area contributed by atoms with Crippen LogP contribution in [0.3, 0.4) is 0 Å². The molecule has 0 aliphatic rings. The van der Waals surface area contributed by atoms with Gasteiger partial charge >= 0.3 is 29.8 Å². The van der Waals surface area contributed by atoms with E-state index in [4.69, 9.17) is 16.7 Å². The summed E-state index contributed by atoms with van der Waals surface area (Å²) < 4.78 is 80.7. The molecule has 0 atom stereocenters. The Labute approximate surface area is 227 Å². The summed E-state index contributed by atoms with van der Waals surface area (Å²) in [5.74, 6) is -7.60. The van der Waals surface area contributed by atoms with E-state index in [0.717, 1.165) is 0 Å². The molecule has 22 heteroatoms. The third kappa shape index (κ3) is 37.9. The number of rotatable bonds is 13. The number of ether oxygens (including phenoxy) is 5. The van der Waals surface area contributed by atoms with Gasteiger partial charge in [0.1, 0.15) is 44.6 Å². The monoisotopic (exact) mass is 638 g/mol. The van der Waals surface area contributed by atoms with Gasteiger partial charge < -0.3 is 37.9 Å². The first-order valence-electron chi connectivity index (χ1n) is 9.31. The van der Waals surface area contributed by atoms with Crippen LogP contribution in [0.1, 0.15) is 26.7 Å². The predicted molar refractivity (Wildman–Crippen MR) is 120 cm³/mol. The van der Waals surface area contributed by atoms with Gasteiger partial charge in [0.15, 0.2) is 6.79 Å². The van der Waals surface area contributed by atoms with Crippen LogP contribution >= 0.6 is 24.0 Å². The highest BCUT2D eigenvalue weighted by Crippen LogP contribution is 1.93. The van der Waals surface area contributed by atoms with Gasteiger partial charge in [-0.1, -0.05) is 0 Å². The summed E-state index contributed by atoms with van der Waals surface area (Å²) in [4.78, 5) is 62.8. The lowest BCUT2D eigenvalue weighted by Crippen LogP contribution is -2.21. The Morgan fingerprint density at radius 2 is 1.00 bits per heavy atom. The van der Waals surface area contributed by atoms with Gasteiger partial charge in [-0.05, 0) is 25.4 Å².